The SMILES string of the molecule is CCC(NC)c1nc(CC(C)C)no1. The summed E-state index contributed by atoms with van der Waals surface area (Å²) < 4.78 is 5.19. The van der Waals surface area contributed by atoms with E-state index in [1.165, 1.54) is 0 Å². The van der Waals surface area contributed by atoms with Gasteiger partial charge in [-0.05, 0) is 19.4 Å². The number of nitrogens with zero attached hydrogens (tertiary/aromatic N) is 2. The maximum absolute atomic E-state index is 5.19. The van der Waals surface area contributed by atoms with Gasteiger partial charge in [-0.3, -0.25) is 0 Å². The van der Waals surface area contributed by atoms with E-state index in [1.807, 2.05) is 7.05 Å². The van der Waals surface area contributed by atoms with Crippen molar-refractivity contribution in [1.29, 1.82) is 0 Å². The average molecular weight is 197 g/mol. The largest absolute Gasteiger partial charge is 0.338 e. The highest BCUT2D eigenvalue weighted by atomic mass is 16.5. The fourth-order valence-corrected chi connectivity index (χ4v) is 1.36. The van der Waals surface area contributed by atoms with E-state index in [1.54, 1.807) is 0 Å². The monoisotopic (exact) mass is 197 g/mol. The van der Waals surface area contributed by atoms with Crippen molar-refractivity contribution in [2.24, 2.45) is 5.92 Å². The predicted octanol–water partition coefficient (Wildman–Crippen LogP) is 1.94. The molecule has 1 heterocycles. The molecule has 0 fully saturated rings. The van der Waals surface area contributed by atoms with Gasteiger partial charge in [-0.15, -0.1) is 0 Å². The van der Waals surface area contributed by atoms with Gasteiger partial charge in [0.25, 0.3) is 0 Å². The Labute approximate surface area is 85.1 Å². The summed E-state index contributed by atoms with van der Waals surface area (Å²) in [6, 6.07) is 0.184. The molecule has 4 heteroatoms. The van der Waals surface area contributed by atoms with Crippen LogP contribution in [0, 0.1) is 5.92 Å². The summed E-state index contributed by atoms with van der Waals surface area (Å²) in [6.07, 6.45) is 1.84. The normalized spacial score (nSPS) is 13.5. The van der Waals surface area contributed by atoms with Crippen molar-refractivity contribution < 1.29 is 4.52 Å². The van der Waals surface area contributed by atoms with Crippen molar-refractivity contribution in [3.8, 4) is 0 Å². The van der Waals surface area contributed by atoms with E-state index in [2.05, 4.69) is 36.2 Å². The minimum absolute atomic E-state index is 0.184. The van der Waals surface area contributed by atoms with Crippen LogP contribution in [0.1, 0.15) is 44.9 Å². The second-order valence-corrected chi connectivity index (χ2v) is 3.90. The molecule has 1 N–H and O–H groups in total. The molecule has 4 nitrogen and oxygen atoms in total. The van der Waals surface area contributed by atoms with Crippen LogP contribution in [-0.2, 0) is 6.42 Å². The lowest BCUT2D eigenvalue weighted by atomic mass is 10.1. The van der Waals surface area contributed by atoms with Gasteiger partial charge in [0, 0.05) is 6.42 Å². The summed E-state index contributed by atoms with van der Waals surface area (Å²) in [5, 5.41) is 7.09. The third kappa shape index (κ3) is 2.80. The summed E-state index contributed by atoms with van der Waals surface area (Å²) in [4.78, 5) is 4.35. The molecule has 0 radical (unpaired) electrons. The Kier molecular flexibility index (Phi) is 4.07. The predicted molar refractivity (Wildman–Crippen MR) is 54.9 cm³/mol. The molecule has 1 aromatic rings. The van der Waals surface area contributed by atoms with Gasteiger partial charge in [0.1, 0.15) is 0 Å². The summed E-state index contributed by atoms with van der Waals surface area (Å²) in [7, 11) is 1.90. The van der Waals surface area contributed by atoms with Crippen molar-refractivity contribution in [3.63, 3.8) is 0 Å². The van der Waals surface area contributed by atoms with Crippen molar-refractivity contribution >= 4 is 0 Å². The first-order valence-corrected chi connectivity index (χ1v) is 5.17. The van der Waals surface area contributed by atoms with Crippen molar-refractivity contribution in [2.75, 3.05) is 7.05 Å². The number of hydrogen-bond donors (Lipinski definition) is 1. The summed E-state index contributed by atoms with van der Waals surface area (Å²) in [5.41, 5.74) is 0. The summed E-state index contributed by atoms with van der Waals surface area (Å²) >= 11 is 0. The number of nitrogens with one attached hydrogen (secondary N) is 1. The fraction of sp³-hybridized carbons (Fsp3) is 0.800. The first-order chi connectivity index (χ1) is 6.67. The number of aromatic nitrogens is 2. The molecule has 1 rings (SSSR count). The van der Waals surface area contributed by atoms with E-state index in [9.17, 15) is 0 Å². The van der Waals surface area contributed by atoms with Gasteiger partial charge in [0.2, 0.25) is 5.89 Å². The molecule has 0 saturated carbocycles. The third-order valence-corrected chi connectivity index (χ3v) is 2.13. The lowest BCUT2D eigenvalue weighted by molar-refractivity contribution is 0.330. The highest BCUT2D eigenvalue weighted by molar-refractivity contribution is 4.92. The van der Waals surface area contributed by atoms with Gasteiger partial charge in [-0.2, -0.15) is 4.98 Å². The Bertz CT molecular complexity index is 266. The van der Waals surface area contributed by atoms with Gasteiger partial charge in [-0.25, -0.2) is 0 Å². The molecule has 0 aliphatic carbocycles. The van der Waals surface area contributed by atoms with Gasteiger partial charge in [0.05, 0.1) is 6.04 Å². The first kappa shape index (κ1) is 11.2. The number of hydrogen-bond acceptors (Lipinski definition) is 4. The van der Waals surface area contributed by atoms with Crippen molar-refractivity contribution in [3.05, 3.63) is 11.7 Å². The number of rotatable bonds is 5. The molecule has 80 valence electrons. The van der Waals surface area contributed by atoms with E-state index in [4.69, 9.17) is 4.52 Å². The van der Waals surface area contributed by atoms with Crippen molar-refractivity contribution in [1.82, 2.24) is 15.5 Å². The van der Waals surface area contributed by atoms with E-state index < -0.39 is 0 Å². The van der Waals surface area contributed by atoms with E-state index in [0.29, 0.717) is 11.8 Å². The Morgan fingerprint density at radius 2 is 2.14 bits per heavy atom. The second-order valence-electron chi connectivity index (χ2n) is 3.90. The zero-order valence-corrected chi connectivity index (χ0v) is 9.37. The molecule has 0 bridgehead atoms. The summed E-state index contributed by atoms with van der Waals surface area (Å²) in [5.74, 6) is 2.07. The maximum atomic E-state index is 5.19. The minimum Gasteiger partial charge on any atom is -0.338 e. The molecule has 1 aromatic heterocycles. The van der Waals surface area contributed by atoms with Gasteiger partial charge >= 0.3 is 0 Å². The Morgan fingerprint density at radius 1 is 1.43 bits per heavy atom. The molecule has 1 atom stereocenters. The Balaban J connectivity index is 2.66. The molecule has 0 spiro atoms. The summed E-state index contributed by atoms with van der Waals surface area (Å²) in [6.45, 7) is 6.38. The van der Waals surface area contributed by atoms with E-state index >= 15 is 0 Å². The average Bonchev–Trinajstić information content (AvgIpc) is 2.54. The highest BCUT2D eigenvalue weighted by Gasteiger charge is 2.15. The third-order valence-electron chi connectivity index (χ3n) is 2.13. The smallest absolute Gasteiger partial charge is 0.243 e. The molecule has 14 heavy (non-hydrogen) atoms. The Morgan fingerprint density at radius 3 is 2.64 bits per heavy atom. The maximum Gasteiger partial charge on any atom is 0.243 e. The van der Waals surface area contributed by atoms with Crippen LogP contribution in [0.5, 0.6) is 0 Å². The van der Waals surface area contributed by atoms with Gasteiger partial charge in [-0.1, -0.05) is 25.9 Å². The second kappa shape index (κ2) is 5.10. The molecule has 0 saturated heterocycles. The lowest BCUT2D eigenvalue weighted by Crippen LogP contribution is -2.15. The van der Waals surface area contributed by atoms with Crippen LogP contribution in [0.25, 0.3) is 0 Å². The minimum atomic E-state index is 0.184. The molecular formula is C10H19N3O. The van der Waals surface area contributed by atoms with Crippen LogP contribution in [-0.4, -0.2) is 17.2 Å². The van der Waals surface area contributed by atoms with E-state index in [-0.39, 0.29) is 6.04 Å². The van der Waals surface area contributed by atoms with Crippen LogP contribution < -0.4 is 5.32 Å². The molecule has 0 aromatic carbocycles. The topological polar surface area (TPSA) is 51.0 Å². The quantitative estimate of drug-likeness (QED) is 0.783. The highest BCUT2D eigenvalue weighted by Crippen LogP contribution is 2.14. The molecule has 1 unspecified atom stereocenters. The zero-order valence-electron chi connectivity index (χ0n) is 9.37. The van der Waals surface area contributed by atoms with Crippen LogP contribution in [0.15, 0.2) is 4.52 Å². The van der Waals surface area contributed by atoms with E-state index in [0.717, 1.165) is 18.7 Å². The van der Waals surface area contributed by atoms with Crippen LogP contribution >= 0.6 is 0 Å². The fourth-order valence-electron chi connectivity index (χ4n) is 1.36. The van der Waals surface area contributed by atoms with Crippen molar-refractivity contribution in [2.45, 2.75) is 39.7 Å². The Hall–Kier alpha value is -0.900. The molecule has 0 aliphatic heterocycles. The van der Waals surface area contributed by atoms with Crippen LogP contribution in [0.2, 0.25) is 0 Å². The van der Waals surface area contributed by atoms with Gasteiger partial charge < -0.3 is 9.84 Å². The lowest BCUT2D eigenvalue weighted by Gasteiger charge is -2.06. The van der Waals surface area contributed by atoms with Crippen LogP contribution in [0.4, 0.5) is 0 Å². The van der Waals surface area contributed by atoms with Gasteiger partial charge in [0.15, 0.2) is 5.82 Å². The first-order valence-electron chi connectivity index (χ1n) is 5.17. The van der Waals surface area contributed by atoms with Crippen LogP contribution in [0.3, 0.4) is 0 Å². The molecule has 0 amide bonds. The zero-order chi connectivity index (χ0) is 10.6. The molecular weight excluding hydrogens is 178 g/mol. The standard InChI is InChI=1S/C10H19N3O/c1-5-8(11-4)10-12-9(13-14-10)6-7(2)3/h7-8,11H,5-6H2,1-4H3. The molecule has 0 aliphatic rings.